The number of hydrogen-bond acceptors (Lipinski definition) is 5. The molecule has 0 N–H and O–H groups in total. The van der Waals surface area contributed by atoms with E-state index in [1.54, 1.807) is 43.3 Å². The van der Waals surface area contributed by atoms with Crippen molar-refractivity contribution >= 4 is 34.0 Å². The molecule has 0 aliphatic carbocycles. The Hall–Kier alpha value is -3.06. The van der Waals surface area contributed by atoms with Crippen LogP contribution in [0, 0.1) is 0 Å². The summed E-state index contributed by atoms with van der Waals surface area (Å²) in [6.07, 6.45) is 0. The van der Waals surface area contributed by atoms with Crippen molar-refractivity contribution in [2.75, 3.05) is 38.2 Å². The number of aromatic nitrogens is 2. The second kappa shape index (κ2) is 7.75. The highest BCUT2D eigenvalue weighted by Gasteiger charge is 2.26. The van der Waals surface area contributed by atoms with Gasteiger partial charge in [-0.2, -0.15) is 5.10 Å². The highest BCUT2D eigenvalue weighted by atomic mass is 35.5. The molecule has 2 aromatic carbocycles. The standard InChI is InChI=1S/C21H21ClN4O3/c1-24-20(27)16-6-4-3-5-15(16)19(23-24)21(28)26-11-9-25(10-12-26)17-8-7-14(22)13-18(17)29-2/h3-8,13H,9-12H2,1-2H3. The van der Waals surface area contributed by atoms with Crippen molar-refractivity contribution in [2.24, 2.45) is 7.05 Å². The van der Waals surface area contributed by atoms with Gasteiger partial charge in [-0.25, -0.2) is 4.68 Å². The average Bonchev–Trinajstić information content (AvgIpc) is 2.76. The Bertz CT molecular complexity index is 1140. The second-order valence-corrected chi connectivity index (χ2v) is 7.35. The Morgan fingerprint density at radius 1 is 1.07 bits per heavy atom. The molecule has 0 atom stereocenters. The molecular formula is C21H21ClN4O3. The quantitative estimate of drug-likeness (QED) is 0.661. The van der Waals surface area contributed by atoms with Crippen LogP contribution < -0.4 is 15.2 Å². The third kappa shape index (κ3) is 3.53. The maximum Gasteiger partial charge on any atom is 0.275 e. The third-order valence-corrected chi connectivity index (χ3v) is 5.44. The van der Waals surface area contributed by atoms with Gasteiger partial charge >= 0.3 is 0 Å². The Morgan fingerprint density at radius 2 is 1.76 bits per heavy atom. The fraction of sp³-hybridized carbons (Fsp3) is 0.286. The van der Waals surface area contributed by atoms with Crippen LogP contribution in [0.2, 0.25) is 5.02 Å². The number of benzene rings is 2. The first-order valence-electron chi connectivity index (χ1n) is 9.33. The van der Waals surface area contributed by atoms with Gasteiger partial charge in [0.05, 0.1) is 18.2 Å². The van der Waals surface area contributed by atoms with Crippen LogP contribution in [0.3, 0.4) is 0 Å². The summed E-state index contributed by atoms with van der Waals surface area (Å²) in [5.74, 6) is 0.544. The Balaban J connectivity index is 1.57. The van der Waals surface area contributed by atoms with E-state index >= 15 is 0 Å². The van der Waals surface area contributed by atoms with Crippen molar-refractivity contribution < 1.29 is 9.53 Å². The number of carbonyl (C=O) groups is 1. The van der Waals surface area contributed by atoms with Gasteiger partial charge in [-0.15, -0.1) is 0 Å². The van der Waals surface area contributed by atoms with Gasteiger partial charge in [0.1, 0.15) is 5.75 Å². The maximum atomic E-state index is 13.2. The number of amides is 1. The molecule has 1 aliphatic heterocycles. The summed E-state index contributed by atoms with van der Waals surface area (Å²) < 4.78 is 6.67. The number of methoxy groups -OCH3 is 1. The van der Waals surface area contributed by atoms with E-state index in [4.69, 9.17) is 16.3 Å². The van der Waals surface area contributed by atoms with Crippen LogP contribution in [0.1, 0.15) is 10.5 Å². The van der Waals surface area contributed by atoms with Gasteiger partial charge in [0, 0.05) is 49.7 Å². The van der Waals surface area contributed by atoms with Gasteiger partial charge in [-0.05, 0) is 18.2 Å². The van der Waals surface area contributed by atoms with E-state index in [-0.39, 0.29) is 11.5 Å². The predicted molar refractivity (Wildman–Crippen MR) is 113 cm³/mol. The first-order chi connectivity index (χ1) is 14.0. The zero-order valence-electron chi connectivity index (χ0n) is 16.3. The number of piperazine rings is 1. The Morgan fingerprint density at radius 3 is 2.45 bits per heavy atom. The smallest absolute Gasteiger partial charge is 0.275 e. The van der Waals surface area contributed by atoms with Gasteiger partial charge in [0.15, 0.2) is 5.69 Å². The van der Waals surface area contributed by atoms with Crippen LogP contribution in [-0.4, -0.2) is 53.9 Å². The number of halogens is 1. The molecule has 1 aliphatic rings. The van der Waals surface area contributed by atoms with Crippen LogP contribution in [0.25, 0.3) is 10.8 Å². The number of fused-ring (bicyclic) bond motifs is 1. The summed E-state index contributed by atoms with van der Waals surface area (Å²) in [5, 5.41) is 5.96. The number of nitrogens with zero attached hydrogens (tertiary/aromatic N) is 4. The minimum Gasteiger partial charge on any atom is -0.495 e. The number of anilines is 1. The lowest BCUT2D eigenvalue weighted by molar-refractivity contribution is 0.0740. The molecule has 1 amide bonds. The van der Waals surface area contributed by atoms with Gasteiger partial charge in [0.2, 0.25) is 0 Å². The second-order valence-electron chi connectivity index (χ2n) is 6.92. The van der Waals surface area contributed by atoms with Crippen molar-refractivity contribution in [1.29, 1.82) is 0 Å². The molecule has 4 rings (SSSR count). The van der Waals surface area contributed by atoms with Crippen LogP contribution in [-0.2, 0) is 7.05 Å². The zero-order valence-corrected chi connectivity index (χ0v) is 17.0. The predicted octanol–water partition coefficient (Wildman–Crippen LogP) is 2.56. The molecule has 150 valence electrons. The largest absolute Gasteiger partial charge is 0.495 e. The molecule has 0 spiro atoms. The molecule has 0 bridgehead atoms. The van der Waals surface area contributed by atoms with Crippen LogP contribution in [0.15, 0.2) is 47.3 Å². The Labute approximate surface area is 173 Å². The van der Waals surface area contributed by atoms with E-state index in [0.717, 1.165) is 5.69 Å². The van der Waals surface area contributed by atoms with Crippen molar-refractivity contribution in [3.63, 3.8) is 0 Å². The maximum absolute atomic E-state index is 13.2. The molecule has 0 saturated carbocycles. The molecule has 7 nitrogen and oxygen atoms in total. The molecule has 1 fully saturated rings. The van der Waals surface area contributed by atoms with E-state index < -0.39 is 0 Å². The zero-order chi connectivity index (χ0) is 20.5. The van der Waals surface area contributed by atoms with E-state index in [0.29, 0.717) is 53.4 Å². The van der Waals surface area contributed by atoms with Crippen LogP contribution in [0.5, 0.6) is 5.75 Å². The van der Waals surface area contributed by atoms with Gasteiger partial charge < -0.3 is 14.5 Å². The van der Waals surface area contributed by atoms with Crippen LogP contribution >= 0.6 is 11.6 Å². The summed E-state index contributed by atoms with van der Waals surface area (Å²) in [6, 6.07) is 12.6. The lowest BCUT2D eigenvalue weighted by Crippen LogP contribution is -2.49. The Kier molecular flexibility index (Phi) is 5.15. The molecule has 2 heterocycles. The highest BCUT2D eigenvalue weighted by Crippen LogP contribution is 2.32. The first-order valence-corrected chi connectivity index (χ1v) is 9.71. The molecule has 0 radical (unpaired) electrons. The van der Waals surface area contributed by atoms with Crippen molar-refractivity contribution in [3.8, 4) is 5.75 Å². The van der Waals surface area contributed by atoms with Crippen molar-refractivity contribution in [2.45, 2.75) is 0 Å². The number of aryl methyl sites for hydroxylation is 1. The molecule has 1 aromatic heterocycles. The monoisotopic (exact) mass is 412 g/mol. The summed E-state index contributed by atoms with van der Waals surface area (Å²) in [7, 11) is 3.18. The van der Waals surface area contributed by atoms with Crippen molar-refractivity contribution in [3.05, 3.63) is 63.5 Å². The fourth-order valence-corrected chi connectivity index (χ4v) is 3.83. The number of carbonyl (C=O) groups excluding carboxylic acids is 1. The lowest BCUT2D eigenvalue weighted by Gasteiger charge is -2.36. The fourth-order valence-electron chi connectivity index (χ4n) is 3.67. The van der Waals surface area contributed by atoms with Gasteiger partial charge in [-0.1, -0.05) is 29.8 Å². The molecule has 0 unspecified atom stereocenters. The van der Waals surface area contributed by atoms with E-state index in [9.17, 15) is 9.59 Å². The number of hydrogen-bond donors (Lipinski definition) is 0. The van der Waals surface area contributed by atoms with E-state index in [1.807, 2.05) is 18.2 Å². The van der Waals surface area contributed by atoms with E-state index in [2.05, 4.69) is 10.00 Å². The number of ether oxygens (including phenoxy) is 1. The summed E-state index contributed by atoms with van der Waals surface area (Å²) >= 11 is 6.06. The van der Waals surface area contributed by atoms with Gasteiger partial charge in [-0.3, -0.25) is 9.59 Å². The van der Waals surface area contributed by atoms with Gasteiger partial charge in [0.25, 0.3) is 11.5 Å². The summed E-state index contributed by atoms with van der Waals surface area (Å²) in [5.41, 5.74) is 1.05. The van der Waals surface area contributed by atoms with Crippen LogP contribution in [0.4, 0.5) is 5.69 Å². The van der Waals surface area contributed by atoms with Crippen molar-refractivity contribution in [1.82, 2.24) is 14.7 Å². The normalized spacial score (nSPS) is 14.3. The average molecular weight is 413 g/mol. The lowest BCUT2D eigenvalue weighted by atomic mass is 10.1. The third-order valence-electron chi connectivity index (χ3n) is 5.21. The molecule has 8 heteroatoms. The molecule has 1 saturated heterocycles. The minimum absolute atomic E-state index is 0.167. The topological polar surface area (TPSA) is 67.7 Å². The van der Waals surface area contributed by atoms with E-state index in [1.165, 1.54) is 4.68 Å². The summed E-state index contributed by atoms with van der Waals surface area (Å²) in [4.78, 5) is 29.4. The first kappa shape index (κ1) is 19.3. The minimum atomic E-state index is -0.211. The number of rotatable bonds is 3. The summed E-state index contributed by atoms with van der Waals surface area (Å²) in [6.45, 7) is 2.41. The highest BCUT2D eigenvalue weighted by molar-refractivity contribution is 6.30. The SMILES string of the molecule is COc1cc(Cl)ccc1N1CCN(C(=O)c2nn(C)c(=O)c3ccccc23)CC1. The molecule has 3 aromatic rings. The molecule has 29 heavy (non-hydrogen) atoms. The molecular weight excluding hydrogens is 392 g/mol.